The maximum absolute atomic E-state index is 12.1. The summed E-state index contributed by atoms with van der Waals surface area (Å²) in [5.74, 6) is 2.97. The molecule has 0 saturated heterocycles. The molecule has 0 spiro atoms. The molecule has 0 aliphatic carbocycles. The largest absolute Gasteiger partial charge is 0.496 e. The Morgan fingerprint density at radius 1 is 1.20 bits per heavy atom. The van der Waals surface area contributed by atoms with Gasteiger partial charge in [-0.1, -0.05) is 18.2 Å². The van der Waals surface area contributed by atoms with Crippen molar-refractivity contribution >= 4 is 17.5 Å². The highest BCUT2D eigenvalue weighted by Crippen LogP contribution is 2.17. The zero-order valence-electron chi connectivity index (χ0n) is 15.2. The Bertz CT molecular complexity index is 718. The van der Waals surface area contributed by atoms with Crippen LogP contribution in [0.3, 0.4) is 0 Å². The van der Waals surface area contributed by atoms with E-state index in [9.17, 15) is 4.79 Å². The van der Waals surface area contributed by atoms with Crippen molar-refractivity contribution in [3.8, 4) is 5.75 Å². The second kappa shape index (κ2) is 8.86. The average Bonchev–Trinajstić information content (AvgIpc) is 2.58. The number of hydrogen-bond donors (Lipinski definition) is 2. The molecular weight excluding hydrogens is 318 g/mol. The molecule has 134 valence electrons. The van der Waals surface area contributed by atoms with Crippen LogP contribution >= 0.6 is 0 Å². The van der Waals surface area contributed by atoms with Gasteiger partial charge in [0.2, 0.25) is 5.91 Å². The molecule has 7 nitrogen and oxygen atoms in total. The molecular formula is C18H25N5O2. The van der Waals surface area contributed by atoms with Gasteiger partial charge in [-0.15, -0.1) is 0 Å². The lowest BCUT2D eigenvalue weighted by atomic mass is 10.1. The molecule has 2 N–H and O–H groups in total. The molecule has 1 amide bonds. The first-order valence-corrected chi connectivity index (χ1v) is 8.15. The number of aromatic nitrogens is 2. The zero-order chi connectivity index (χ0) is 18.2. The van der Waals surface area contributed by atoms with Crippen LogP contribution in [0.15, 0.2) is 30.3 Å². The van der Waals surface area contributed by atoms with Gasteiger partial charge in [-0.3, -0.25) is 4.79 Å². The normalized spacial score (nSPS) is 10.2. The molecule has 0 unspecified atom stereocenters. The van der Waals surface area contributed by atoms with Crippen LogP contribution in [0.4, 0.5) is 11.6 Å². The Hall–Kier alpha value is -2.83. The number of carbonyl (C=O) groups is 1. The van der Waals surface area contributed by atoms with E-state index in [1.807, 2.05) is 56.3 Å². The fraction of sp³-hybridized carbons (Fsp3) is 0.389. The SMILES string of the molecule is COc1ccccc1CC(=O)NCCNc1cc(N(C)C)nc(C)n1. The van der Waals surface area contributed by atoms with Gasteiger partial charge in [0.25, 0.3) is 0 Å². The molecule has 1 aromatic carbocycles. The van der Waals surface area contributed by atoms with Gasteiger partial charge < -0.3 is 20.3 Å². The second-order valence-electron chi connectivity index (χ2n) is 5.82. The molecule has 0 atom stereocenters. The topological polar surface area (TPSA) is 79.4 Å². The molecule has 0 aliphatic heterocycles. The molecule has 0 radical (unpaired) electrons. The van der Waals surface area contributed by atoms with Gasteiger partial charge in [0.15, 0.2) is 0 Å². The molecule has 7 heteroatoms. The number of aryl methyl sites for hydroxylation is 1. The third-order valence-electron chi connectivity index (χ3n) is 3.58. The number of anilines is 2. The lowest BCUT2D eigenvalue weighted by Crippen LogP contribution is -2.30. The number of para-hydroxylation sites is 1. The average molecular weight is 343 g/mol. The van der Waals surface area contributed by atoms with E-state index >= 15 is 0 Å². The van der Waals surface area contributed by atoms with Gasteiger partial charge in [0.1, 0.15) is 23.2 Å². The van der Waals surface area contributed by atoms with Crippen molar-refractivity contribution in [2.24, 2.45) is 0 Å². The maximum atomic E-state index is 12.1. The summed E-state index contributed by atoms with van der Waals surface area (Å²) >= 11 is 0. The summed E-state index contributed by atoms with van der Waals surface area (Å²) in [6.07, 6.45) is 0.293. The lowest BCUT2D eigenvalue weighted by Gasteiger charge is -2.14. The van der Waals surface area contributed by atoms with E-state index in [0.29, 0.717) is 25.3 Å². The van der Waals surface area contributed by atoms with E-state index in [-0.39, 0.29) is 5.91 Å². The zero-order valence-corrected chi connectivity index (χ0v) is 15.2. The van der Waals surface area contributed by atoms with Gasteiger partial charge in [0.05, 0.1) is 13.5 Å². The first-order valence-electron chi connectivity index (χ1n) is 8.15. The highest BCUT2D eigenvalue weighted by atomic mass is 16.5. The summed E-state index contributed by atoms with van der Waals surface area (Å²) in [5.41, 5.74) is 0.873. The number of carbonyl (C=O) groups excluding carboxylic acids is 1. The van der Waals surface area contributed by atoms with Gasteiger partial charge in [-0.25, -0.2) is 9.97 Å². The minimum absolute atomic E-state index is 0.0425. The smallest absolute Gasteiger partial charge is 0.224 e. The summed E-state index contributed by atoms with van der Waals surface area (Å²) in [7, 11) is 5.47. The fourth-order valence-electron chi connectivity index (χ4n) is 2.35. The van der Waals surface area contributed by atoms with Crippen molar-refractivity contribution in [3.63, 3.8) is 0 Å². The van der Waals surface area contributed by atoms with Crippen molar-refractivity contribution in [2.45, 2.75) is 13.3 Å². The van der Waals surface area contributed by atoms with Crippen molar-refractivity contribution < 1.29 is 9.53 Å². The number of benzene rings is 1. The molecule has 0 saturated carbocycles. The first kappa shape index (κ1) is 18.5. The number of nitrogens with zero attached hydrogens (tertiary/aromatic N) is 3. The number of rotatable bonds is 8. The van der Waals surface area contributed by atoms with Crippen LogP contribution in [0.25, 0.3) is 0 Å². The van der Waals surface area contributed by atoms with Crippen molar-refractivity contribution in [1.29, 1.82) is 0 Å². The van der Waals surface area contributed by atoms with Crippen LogP contribution < -0.4 is 20.3 Å². The summed E-state index contributed by atoms with van der Waals surface area (Å²) in [4.78, 5) is 22.7. The maximum Gasteiger partial charge on any atom is 0.224 e. The molecule has 25 heavy (non-hydrogen) atoms. The minimum atomic E-state index is -0.0425. The predicted octanol–water partition coefficient (Wildman–Crippen LogP) is 1.63. The number of nitrogens with one attached hydrogen (secondary N) is 2. The number of ether oxygens (including phenoxy) is 1. The molecule has 1 heterocycles. The summed E-state index contributed by atoms with van der Waals surface area (Å²) < 4.78 is 5.26. The van der Waals surface area contributed by atoms with Gasteiger partial charge in [-0.05, 0) is 13.0 Å². The third kappa shape index (κ3) is 5.63. The summed E-state index contributed by atoms with van der Waals surface area (Å²) in [5, 5.41) is 6.10. The number of amides is 1. The van der Waals surface area contributed by atoms with Crippen LogP contribution in [-0.4, -0.2) is 50.2 Å². The van der Waals surface area contributed by atoms with Gasteiger partial charge >= 0.3 is 0 Å². The molecule has 2 rings (SSSR count). The predicted molar refractivity (Wildman–Crippen MR) is 99.3 cm³/mol. The lowest BCUT2D eigenvalue weighted by molar-refractivity contribution is -0.120. The van der Waals surface area contributed by atoms with E-state index < -0.39 is 0 Å². The van der Waals surface area contributed by atoms with Crippen LogP contribution in [0.2, 0.25) is 0 Å². The summed E-state index contributed by atoms with van der Waals surface area (Å²) in [6, 6.07) is 9.40. The molecule has 1 aromatic heterocycles. The molecule has 0 bridgehead atoms. The van der Waals surface area contributed by atoms with Crippen LogP contribution in [0.5, 0.6) is 5.75 Å². The van der Waals surface area contributed by atoms with E-state index in [1.165, 1.54) is 0 Å². The second-order valence-corrected chi connectivity index (χ2v) is 5.82. The Labute approximate surface area is 148 Å². The van der Waals surface area contributed by atoms with E-state index in [1.54, 1.807) is 7.11 Å². The van der Waals surface area contributed by atoms with Crippen molar-refractivity contribution in [1.82, 2.24) is 15.3 Å². The number of methoxy groups -OCH3 is 1. The molecule has 2 aromatic rings. The quantitative estimate of drug-likeness (QED) is 0.709. The van der Waals surface area contributed by atoms with Crippen molar-refractivity contribution in [3.05, 3.63) is 41.7 Å². The fourth-order valence-corrected chi connectivity index (χ4v) is 2.35. The number of hydrogen-bond acceptors (Lipinski definition) is 6. The standard InChI is InChI=1S/C18H25N5O2/c1-13-21-16(12-17(22-13)23(2)3)19-9-10-20-18(24)11-14-7-5-6-8-15(14)25-4/h5-8,12H,9-11H2,1-4H3,(H,20,24)(H,19,21,22). The van der Waals surface area contributed by atoms with E-state index in [0.717, 1.165) is 22.9 Å². The minimum Gasteiger partial charge on any atom is -0.496 e. The van der Waals surface area contributed by atoms with Gasteiger partial charge in [0, 0.05) is 38.8 Å². The monoisotopic (exact) mass is 343 g/mol. The van der Waals surface area contributed by atoms with Crippen molar-refractivity contribution in [2.75, 3.05) is 44.5 Å². The first-order chi connectivity index (χ1) is 12.0. The highest BCUT2D eigenvalue weighted by Gasteiger charge is 2.08. The Morgan fingerprint density at radius 3 is 2.68 bits per heavy atom. The van der Waals surface area contributed by atoms with Crippen LogP contribution in [-0.2, 0) is 11.2 Å². The third-order valence-corrected chi connectivity index (χ3v) is 3.58. The van der Waals surface area contributed by atoms with E-state index in [2.05, 4.69) is 20.6 Å². The van der Waals surface area contributed by atoms with Crippen LogP contribution in [0.1, 0.15) is 11.4 Å². The Balaban J connectivity index is 1.80. The molecule has 0 aliphatic rings. The highest BCUT2D eigenvalue weighted by molar-refractivity contribution is 5.79. The molecule has 0 fully saturated rings. The van der Waals surface area contributed by atoms with E-state index in [4.69, 9.17) is 4.74 Å². The van der Waals surface area contributed by atoms with Crippen LogP contribution in [0, 0.1) is 6.92 Å². The summed E-state index contributed by atoms with van der Waals surface area (Å²) in [6.45, 7) is 2.95. The van der Waals surface area contributed by atoms with Gasteiger partial charge in [-0.2, -0.15) is 0 Å². The Kier molecular flexibility index (Phi) is 6.56. The Morgan fingerprint density at radius 2 is 1.96 bits per heavy atom.